The molecule has 7 heteroatoms. The van der Waals surface area contributed by atoms with Crippen LogP contribution in [0.3, 0.4) is 0 Å². The third kappa shape index (κ3) is 5.76. The van der Waals surface area contributed by atoms with Crippen molar-refractivity contribution in [3.8, 4) is 0 Å². The number of methoxy groups -OCH3 is 1. The maximum atomic E-state index is 11.6. The van der Waals surface area contributed by atoms with Gasteiger partial charge in [-0.25, -0.2) is 4.72 Å². The van der Waals surface area contributed by atoms with E-state index in [1.54, 1.807) is 13.8 Å². The van der Waals surface area contributed by atoms with Gasteiger partial charge in [0.2, 0.25) is 0 Å². The Bertz CT molecular complexity index is 265. The second kappa shape index (κ2) is 7.97. The molecule has 2 N–H and O–H groups in total. The molecule has 0 rings (SSSR count). The van der Waals surface area contributed by atoms with E-state index in [-0.39, 0.29) is 13.2 Å². The van der Waals surface area contributed by atoms with Crippen LogP contribution in [0.25, 0.3) is 0 Å². The van der Waals surface area contributed by atoms with Gasteiger partial charge in [-0.05, 0) is 6.42 Å². The molecule has 0 aliphatic carbocycles. The quantitative estimate of drug-likeness (QED) is 0.585. The van der Waals surface area contributed by atoms with Gasteiger partial charge in [-0.3, -0.25) is 0 Å². The Labute approximate surface area is 97.8 Å². The van der Waals surface area contributed by atoms with E-state index in [4.69, 9.17) is 4.74 Å². The molecule has 0 aliphatic heterocycles. The molecule has 0 aromatic rings. The second-order valence-electron chi connectivity index (χ2n) is 3.38. The summed E-state index contributed by atoms with van der Waals surface area (Å²) in [6.07, 6.45) is -0.293. The molecule has 0 heterocycles. The van der Waals surface area contributed by atoms with Crippen molar-refractivity contribution in [2.45, 2.75) is 26.4 Å². The van der Waals surface area contributed by atoms with E-state index < -0.39 is 16.3 Å². The zero-order chi connectivity index (χ0) is 12.6. The number of ether oxygens (including phenoxy) is 1. The van der Waals surface area contributed by atoms with Gasteiger partial charge in [-0.2, -0.15) is 12.7 Å². The fourth-order valence-electron chi connectivity index (χ4n) is 1.29. The Morgan fingerprint density at radius 1 is 1.38 bits per heavy atom. The molecular weight excluding hydrogens is 232 g/mol. The van der Waals surface area contributed by atoms with Crippen molar-refractivity contribution in [2.75, 3.05) is 33.4 Å². The Balaban J connectivity index is 4.00. The van der Waals surface area contributed by atoms with Gasteiger partial charge in [0, 0.05) is 26.7 Å². The molecule has 98 valence electrons. The summed E-state index contributed by atoms with van der Waals surface area (Å²) in [6, 6.07) is 0. The first-order chi connectivity index (χ1) is 7.47. The summed E-state index contributed by atoms with van der Waals surface area (Å²) >= 11 is 0. The molecule has 6 nitrogen and oxygen atoms in total. The van der Waals surface area contributed by atoms with Crippen molar-refractivity contribution < 1.29 is 18.3 Å². The first kappa shape index (κ1) is 15.8. The zero-order valence-electron chi connectivity index (χ0n) is 10.1. The van der Waals surface area contributed by atoms with E-state index in [0.29, 0.717) is 19.5 Å². The molecule has 0 saturated carbocycles. The normalized spacial score (nSPS) is 14.3. The van der Waals surface area contributed by atoms with E-state index >= 15 is 0 Å². The maximum Gasteiger partial charge on any atom is 0.279 e. The van der Waals surface area contributed by atoms with Crippen LogP contribution >= 0.6 is 0 Å². The van der Waals surface area contributed by atoms with E-state index in [1.165, 1.54) is 11.4 Å². The van der Waals surface area contributed by atoms with E-state index in [1.807, 2.05) is 0 Å². The summed E-state index contributed by atoms with van der Waals surface area (Å²) in [5, 5.41) is 9.33. The lowest BCUT2D eigenvalue weighted by Gasteiger charge is -2.19. The van der Waals surface area contributed by atoms with Gasteiger partial charge in [0.25, 0.3) is 10.2 Å². The summed E-state index contributed by atoms with van der Waals surface area (Å²) in [7, 11) is -1.91. The van der Waals surface area contributed by atoms with E-state index in [2.05, 4.69) is 4.72 Å². The standard InChI is InChI=1S/C9H22N2O4S/c1-4-11(5-2)16(13,14)10-7-6-9(12)8-15-3/h9-10,12H,4-8H2,1-3H3. The minimum Gasteiger partial charge on any atom is -0.391 e. The van der Waals surface area contributed by atoms with Crippen LogP contribution in [0.2, 0.25) is 0 Å². The summed E-state index contributed by atoms with van der Waals surface area (Å²) in [5.74, 6) is 0. The van der Waals surface area contributed by atoms with Crippen LogP contribution < -0.4 is 4.72 Å². The molecule has 0 fully saturated rings. The highest BCUT2D eigenvalue weighted by Crippen LogP contribution is 1.98. The highest BCUT2D eigenvalue weighted by atomic mass is 32.2. The van der Waals surface area contributed by atoms with Gasteiger partial charge in [0.05, 0.1) is 12.7 Å². The summed E-state index contributed by atoms with van der Waals surface area (Å²) in [6.45, 7) is 4.86. The average Bonchev–Trinajstić information content (AvgIpc) is 2.19. The predicted octanol–water partition coefficient (Wildman–Crippen LogP) is -0.440. The molecular formula is C9H22N2O4S. The van der Waals surface area contributed by atoms with Gasteiger partial charge in [-0.1, -0.05) is 13.8 Å². The van der Waals surface area contributed by atoms with Crippen LogP contribution in [0.15, 0.2) is 0 Å². The highest BCUT2D eigenvalue weighted by Gasteiger charge is 2.17. The first-order valence-corrected chi connectivity index (χ1v) is 6.83. The smallest absolute Gasteiger partial charge is 0.279 e. The predicted molar refractivity (Wildman–Crippen MR) is 62.3 cm³/mol. The third-order valence-corrected chi connectivity index (χ3v) is 3.93. The number of aliphatic hydroxyl groups excluding tert-OH is 1. The summed E-state index contributed by atoms with van der Waals surface area (Å²) in [5.41, 5.74) is 0. The second-order valence-corrected chi connectivity index (χ2v) is 5.14. The monoisotopic (exact) mass is 254 g/mol. The number of aliphatic hydroxyl groups is 1. The van der Waals surface area contributed by atoms with Crippen LogP contribution in [0.5, 0.6) is 0 Å². The van der Waals surface area contributed by atoms with Gasteiger partial charge >= 0.3 is 0 Å². The lowest BCUT2D eigenvalue weighted by atomic mass is 10.3. The average molecular weight is 254 g/mol. The molecule has 0 spiro atoms. The van der Waals surface area contributed by atoms with Crippen molar-refractivity contribution in [3.05, 3.63) is 0 Å². The van der Waals surface area contributed by atoms with Crippen molar-refractivity contribution in [3.63, 3.8) is 0 Å². The fourth-order valence-corrected chi connectivity index (χ4v) is 2.52. The lowest BCUT2D eigenvalue weighted by molar-refractivity contribution is 0.0603. The summed E-state index contributed by atoms with van der Waals surface area (Å²) in [4.78, 5) is 0. The molecule has 0 aromatic heterocycles. The molecule has 16 heavy (non-hydrogen) atoms. The van der Waals surface area contributed by atoms with Gasteiger partial charge in [0.1, 0.15) is 0 Å². The SMILES string of the molecule is CCN(CC)S(=O)(=O)NCCC(O)COC. The number of nitrogens with zero attached hydrogens (tertiary/aromatic N) is 1. The van der Waals surface area contributed by atoms with Gasteiger partial charge in [0.15, 0.2) is 0 Å². The Hall–Kier alpha value is -0.210. The molecule has 0 radical (unpaired) electrons. The molecule has 1 unspecified atom stereocenters. The zero-order valence-corrected chi connectivity index (χ0v) is 11.0. The number of hydrogen-bond donors (Lipinski definition) is 2. The maximum absolute atomic E-state index is 11.6. The molecule has 0 bridgehead atoms. The molecule has 0 aromatic carbocycles. The molecule has 0 saturated heterocycles. The van der Waals surface area contributed by atoms with Crippen molar-refractivity contribution in [1.82, 2.24) is 9.03 Å². The number of rotatable bonds is 9. The van der Waals surface area contributed by atoms with Crippen LogP contribution in [-0.4, -0.2) is 57.3 Å². The Morgan fingerprint density at radius 3 is 2.38 bits per heavy atom. The van der Waals surface area contributed by atoms with Crippen LogP contribution in [0.4, 0.5) is 0 Å². The van der Waals surface area contributed by atoms with E-state index in [0.717, 1.165) is 0 Å². The van der Waals surface area contributed by atoms with E-state index in [9.17, 15) is 13.5 Å². The summed E-state index contributed by atoms with van der Waals surface area (Å²) < 4.78 is 31.8. The number of nitrogens with one attached hydrogen (secondary N) is 1. The van der Waals surface area contributed by atoms with Crippen molar-refractivity contribution in [1.29, 1.82) is 0 Å². The minimum absolute atomic E-state index is 0.212. The van der Waals surface area contributed by atoms with Crippen LogP contribution in [0.1, 0.15) is 20.3 Å². The number of hydrogen-bond acceptors (Lipinski definition) is 4. The third-order valence-electron chi connectivity index (χ3n) is 2.17. The fraction of sp³-hybridized carbons (Fsp3) is 1.00. The Morgan fingerprint density at radius 2 is 1.94 bits per heavy atom. The molecule has 0 amide bonds. The van der Waals surface area contributed by atoms with Crippen LogP contribution in [-0.2, 0) is 14.9 Å². The van der Waals surface area contributed by atoms with Gasteiger partial charge in [-0.15, -0.1) is 0 Å². The molecule has 1 atom stereocenters. The first-order valence-electron chi connectivity index (χ1n) is 5.39. The van der Waals surface area contributed by atoms with Crippen molar-refractivity contribution in [2.24, 2.45) is 0 Å². The molecule has 0 aliphatic rings. The lowest BCUT2D eigenvalue weighted by Crippen LogP contribution is -2.41. The van der Waals surface area contributed by atoms with Crippen LogP contribution in [0, 0.1) is 0 Å². The minimum atomic E-state index is -3.40. The largest absolute Gasteiger partial charge is 0.391 e. The van der Waals surface area contributed by atoms with Crippen molar-refractivity contribution >= 4 is 10.2 Å². The van der Waals surface area contributed by atoms with Gasteiger partial charge < -0.3 is 9.84 Å². The topological polar surface area (TPSA) is 78.9 Å². The highest BCUT2D eigenvalue weighted by molar-refractivity contribution is 7.87. The Kier molecular flexibility index (Phi) is 7.86.